The standard InChI is InChI=1S/C16H21NO3S/c1-4-5-6-13(16(19)20)17-15(18)10-21-14-9-11(2)7-8-12(14)3/h4-5,7-9,13H,6,10H2,1-3H3,(H,17,18)(H,19,20)/b5-4+. The summed E-state index contributed by atoms with van der Waals surface area (Å²) >= 11 is 1.42. The van der Waals surface area contributed by atoms with Crippen molar-refractivity contribution in [1.82, 2.24) is 5.32 Å². The molecule has 0 aliphatic heterocycles. The molecule has 1 unspecified atom stereocenters. The third-order valence-electron chi connectivity index (χ3n) is 2.94. The third kappa shape index (κ3) is 6.04. The van der Waals surface area contributed by atoms with E-state index in [4.69, 9.17) is 5.11 Å². The molecule has 0 aromatic heterocycles. The van der Waals surface area contributed by atoms with E-state index in [1.807, 2.05) is 39.0 Å². The monoisotopic (exact) mass is 307 g/mol. The zero-order chi connectivity index (χ0) is 15.8. The highest BCUT2D eigenvalue weighted by Crippen LogP contribution is 2.23. The minimum absolute atomic E-state index is 0.212. The molecule has 114 valence electrons. The third-order valence-corrected chi connectivity index (χ3v) is 4.10. The first-order chi connectivity index (χ1) is 9.93. The molecule has 0 saturated heterocycles. The molecule has 2 N–H and O–H groups in total. The number of aliphatic carboxylic acids is 1. The maximum atomic E-state index is 11.9. The summed E-state index contributed by atoms with van der Waals surface area (Å²) in [5.74, 6) is -1.07. The average molecular weight is 307 g/mol. The molecule has 0 spiro atoms. The van der Waals surface area contributed by atoms with Crippen molar-refractivity contribution in [3.8, 4) is 0 Å². The largest absolute Gasteiger partial charge is 0.480 e. The molecule has 0 bridgehead atoms. The Hall–Kier alpha value is -1.75. The lowest BCUT2D eigenvalue weighted by molar-refractivity contribution is -0.141. The lowest BCUT2D eigenvalue weighted by Crippen LogP contribution is -2.41. The first kappa shape index (κ1) is 17.3. The highest BCUT2D eigenvalue weighted by atomic mass is 32.2. The molecule has 0 fully saturated rings. The van der Waals surface area contributed by atoms with Gasteiger partial charge in [0.15, 0.2) is 0 Å². The number of carbonyl (C=O) groups is 2. The number of amides is 1. The molecule has 1 amide bonds. The van der Waals surface area contributed by atoms with Gasteiger partial charge in [-0.3, -0.25) is 4.79 Å². The molecule has 0 saturated carbocycles. The number of allylic oxidation sites excluding steroid dienone is 1. The Morgan fingerprint density at radius 3 is 2.71 bits per heavy atom. The zero-order valence-electron chi connectivity index (χ0n) is 12.6. The predicted molar refractivity (Wildman–Crippen MR) is 85.6 cm³/mol. The van der Waals surface area contributed by atoms with Crippen molar-refractivity contribution < 1.29 is 14.7 Å². The number of rotatable bonds is 7. The molecule has 1 atom stereocenters. The first-order valence-corrected chi connectivity index (χ1v) is 7.76. The van der Waals surface area contributed by atoms with E-state index in [0.717, 1.165) is 16.0 Å². The Kier molecular flexibility index (Phi) is 7.02. The van der Waals surface area contributed by atoms with Crippen LogP contribution in [0.25, 0.3) is 0 Å². The van der Waals surface area contributed by atoms with Crippen molar-refractivity contribution >= 4 is 23.6 Å². The molecule has 4 nitrogen and oxygen atoms in total. The second kappa shape index (κ2) is 8.52. The maximum absolute atomic E-state index is 11.9. The molecular weight excluding hydrogens is 286 g/mol. The Labute approximate surface area is 129 Å². The van der Waals surface area contributed by atoms with E-state index >= 15 is 0 Å². The molecule has 1 aromatic carbocycles. The van der Waals surface area contributed by atoms with E-state index in [0.29, 0.717) is 6.42 Å². The summed E-state index contributed by atoms with van der Waals surface area (Å²) < 4.78 is 0. The number of carbonyl (C=O) groups excluding carboxylic acids is 1. The minimum Gasteiger partial charge on any atom is -0.480 e. The van der Waals surface area contributed by atoms with E-state index in [2.05, 4.69) is 5.32 Å². The van der Waals surface area contributed by atoms with Crippen molar-refractivity contribution in [2.24, 2.45) is 0 Å². The summed E-state index contributed by atoms with van der Waals surface area (Å²) in [4.78, 5) is 24.0. The van der Waals surface area contributed by atoms with Crippen molar-refractivity contribution in [3.63, 3.8) is 0 Å². The fourth-order valence-electron chi connectivity index (χ4n) is 1.74. The molecule has 21 heavy (non-hydrogen) atoms. The van der Waals surface area contributed by atoms with Crippen LogP contribution in [0.4, 0.5) is 0 Å². The van der Waals surface area contributed by atoms with Crippen LogP contribution in [0.1, 0.15) is 24.5 Å². The zero-order valence-corrected chi connectivity index (χ0v) is 13.4. The smallest absolute Gasteiger partial charge is 0.326 e. The SMILES string of the molecule is C/C=C/CC(NC(=O)CSc1cc(C)ccc1C)C(=O)O. The van der Waals surface area contributed by atoms with Gasteiger partial charge in [0, 0.05) is 4.90 Å². The summed E-state index contributed by atoms with van der Waals surface area (Å²) in [7, 11) is 0. The average Bonchev–Trinajstić information content (AvgIpc) is 2.44. The van der Waals surface area contributed by atoms with Crippen molar-refractivity contribution in [2.45, 2.75) is 38.1 Å². The van der Waals surface area contributed by atoms with Crippen LogP contribution in [-0.4, -0.2) is 28.8 Å². The number of thioether (sulfide) groups is 1. The van der Waals surface area contributed by atoms with Gasteiger partial charge in [-0.15, -0.1) is 11.8 Å². The summed E-state index contributed by atoms with van der Waals surface area (Å²) in [6.07, 6.45) is 3.80. The van der Waals surface area contributed by atoms with Gasteiger partial charge in [0.2, 0.25) is 5.91 Å². The lowest BCUT2D eigenvalue weighted by Gasteiger charge is -2.13. The molecular formula is C16H21NO3S. The number of hydrogen-bond donors (Lipinski definition) is 2. The Bertz CT molecular complexity index is 540. The lowest BCUT2D eigenvalue weighted by atomic mass is 10.2. The first-order valence-electron chi connectivity index (χ1n) is 6.77. The van der Waals surface area contributed by atoms with Gasteiger partial charge in [0.05, 0.1) is 5.75 Å². The molecule has 0 heterocycles. The van der Waals surface area contributed by atoms with Gasteiger partial charge in [-0.05, 0) is 38.8 Å². The quantitative estimate of drug-likeness (QED) is 0.600. The number of carboxylic acid groups (broad SMARTS) is 1. The van der Waals surface area contributed by atoms with Gasteiger partial charge in [-0.25, -0.2) is 4.79 Å². The number of nitrogens with one attached hydrogen (secondary N) is 1. The second-order valence-electron chi connectivity index (χ2n) is 4.82. The highest BCUT2D eigenvalue weighted by Gasteiger charge is 2.18. The van der Waals surface area contributed by atoms with Crippen molar-refractivity contribution in [2.75, 3.05) is 5.75 Å². The van der Waals surface area contributed by atoms with Gasteiger partial charge in [0.25, 0.3) is 0 Å². The van der Waals surface area contributed by atoms with Crippen LogP contribution in [0.3, 0.4) is 0 Å². The maximum Gasteiger partial charge on any atom is 0.326 e. The summed E-state index contributed by atoms with van der Waals surface area (Å²) in [5.41, 5.74) is 2.25. The van der Waals surface area contributed by atoms with E-state index in [-0.39, 0.29) is 11.7 Å². The van der Waals surface area contributed by atoms with Gasteiger partial charge >= 0.3 is 5.97 Å². The molecule has 0 aliphatic carbocycles. The van der Waals surface area contributed by atoms with Crippen LogP contribution in [-0.2, 0) is 9.59 Å². The molecule has 1 aromatic rings. The molecule has 5 heteroatoms. The van der Waals surface area contributed by atoms with Gasteiger partial charge in [-0.1, -0.05) is 29.8 Å². The number of benzene rings is 1. The van der Waals surface area contributed by atoms with Gasteiger partial charge < -0.3 is 10.4 Å². The Morgan fingerprint density at radius 2 is 2.10 bits per heavy atom. The van der Waals surface area contributed by atoms with Crippen LogP contribution < -0.4 is 5.32 Å². The normalized spacial score (nSPS) is 12.3. The van der Waals surface area contributed by atoms with Crippen LogP contribution in [0.5, 0.6) is 0 Å². The molecule has 0 radical (unpaired) electrons. The van der Waals surface area contributed by atoms with Crippen LogP contribution in [0, 0.1) is 13.8 Å². The van der Waals surface area contributed by atoms with E-state index in [1.165, 1.54) is 11.8 Å². The van der Waals surface area contributed by atoms with Crippen LogP contribution in [0.2, 0.25) is 0 Å². The Balaban J connectivity index is 2.56. The molecule has 0 aliphatic rings. The van der Waals surface area contributed by atoms with Crippen LogP contribution in [0.15, 0.2) is 35.2 Å². The van der Waals surface area contributed by atoms with E-state index in [1.54, 1.807) is 12.2 Å². The fourth-order valence-corrected chi connectivity index (χ4v) is 2.67. The highest BCUT2D eigenvalue weighted by molar-refractivity contribution is 8.00. The number of hydrogen-bond acceptors (Lipinski definition) is 3. The van der Waals surface area contributed by atoms with Gasteiger partial charge in [0.1, 0.15) is 6.04 Å². The summed E-state index contributed by atoms with van der Waals surface area (Å²) in [6, 6.07) is 5.20. The van der Waals surface area contributed by atoms with Crippen LogP contribution >= 0.6 is 11.8 Å². The minimum atomic E-state index is -1.02. The van der Waals surface area contributed by atoms with Gasteiger partial charge in [-0.2, -0.15) is 0 Å². The number of aryl methyl sites for hydroxylation is 2. The Morgan fingerprint density at radius 1 is 1.38 bits per heavy atom. The fraction of sp³-hybridized carbons (Fsp3) is 0.375. The topological polar surface area (TPSA) is 66.4 Å². The summed E-state index contributed by atoms with van der Waals surface area (Å²) in [6.45, 7) is 5.81. The summed E-state index contributed by atoms with van der Waals surface area (Å²) in [5, 5.41) is 11.6. The van der Waals surface area contributed by atoms with Crippen molar-refractivity contribution in [3.05, 3.63) is 41.5 Å². The van der Waals surface area contributed by atoms with Crippen molar-refractivity contribution in [1.29, 1.82) is 0 Å². The second-order valence-corrected chi connectivity index (χ2v) is 5.84. The van der Waals surface area contributed by atoms with E-state index in [9.17, 15) is 9.59 Å². The molecule has 1 rings (SSSR count). The predicted octanol–water partition coefficient (Wildman–Crippen LogP) is 2.93. The number of carboxylic acids is 1. The van der Waals surface area contributed by atoms with E-state index < -0.39 is 12.0 Å².